The van der Waals surface area contributed by atoms with Crippen LogP contribution in [0.4, 0.5) is 0 Å². The lowest BCUT2D eigenvalue weighted by atomic mass is 9.88. The monoisotopic (exact) mass is 272 g/mol. The normalized spacial score (nSPS) is 11.8. The zero-order valence-electron chi connectivity index (χ0n) is 7.40. The molecule has 0 radical (unpaired) electrons. The van der Waals surface area contributed by atoms with Crippen molar-refractivity contribution >= 4 is 46.4 Å². The number of alkyl halides is 2. The standard InChI is InChI=1S/C8H8Cl4N2/c1-8(3-9,4-10)5-2-6(11)13-14-7(5)12/h2H,3-4H2,1H3. The summed E-state index contributed by atoms with van der Waals surface area (Å²) in [5.41, 5.74) is 0.295. The van der Waals surface area contributed by atoms with E-state index in [-0.39, 0.29) is 5.15 Å². The van der Waals surface area contributed by atoms with Gasteiger partial charge in [-0.05, 0) is 6.07 Å². The summed E-state index contributed by atoms with van der Waals surface area (Å²) < 4.78 is 0. The predicted octanol–water partition coefficient (Wildman–Crippen LogP) is 3.52. The second-order valence-electron chi connectivity index (χ2n) is 3.20. The van der Waals surface area contributed by atoms with Gasteiger partial charge in [-0.2, -0.15) is 0 Å². The highest BCUT2D eigenvalue weighted by Crippen LogP contribution is 2.32. The van der Waals surface area contributed by atoms with E-state index in [2.05, 4.69) is 10.2 Å². The lowest BCUT2D eigenvalue weighted by Gasteiger charge is -2.24. The molecular weight excluding hydrogens is 266 g/mol. The van der Waals surface area contributed by atoms with Gasteiger partial charge in [0.05, 0.1) is 0 Å². The van der Waals surface area contributed by atoms with E-state index < -0.39 is 5.41 Å². The molecular formula is C8H8Cl4N2. The molecule has 0 N–H and O–H groups in total. The summed E-state index contributed by atoms with van der Waals surface area (Å²) in [5.74, 6) is 0.691. The van der Waals surface area contributed by atoms with Crippen LogP contribution in [0.2, 0.25) is 10.3 Å². The topological polar surface area (TPSA) is 25.8 Å². The first-order valence-electron chi connectivity index (χ1n) is 3.84. The van der Waals surface area contributed by atoms with Crippen molar-refractivity contribution in [2.75, 3.05) is 11.8 Å². The van der Waals surface area contributed by atoms with Gasteiger partial charge in [0, 0.05) is 22.7 Å². The van der Waals surface area contributed by atoms with Crippen LogP contribution in [-0.4, -0.2) is 22.0 Å². The molecule has 0 spiro atoms. The van der Waals surface area contributed by atoms with E-state index in [0.717, 1.165) is 5.56 Å². The average Bonchev–Trinajstić information content (AvgIpc) is 2.20. The molecule has 0 aliphatic heterocycles. The first kappa shape index (κ1) is 12.3. The molecule has 6 heteroatoms. The van der Waals surface area contributed by atoms with Gasteiger partial charge in [0.1, 0.15) is 0 Å². The van der Waals surface area contributed by atoms with E-state index in [0.29, 0.717) is 16.9 Å². The highest BCUT2D eigenvalue weighted by molar-refractivity contribution is 6.32. The van der Waals surface area contributed by atoms with Crippen molar-refractivity contribution in [3.63, 3.8) is 0 Å². The Bertz CT molecular complexity index is 325. The summed E-state index contributed by atoms with van der Waals surface area (Å²) in [5, 5.41) is 7.90. The van der Waals surface area contributed by atoms with Crippen molar-refractivity contribution in [3.05, 3.63) is 21.9 Å². The second-order valence-corrected chi connectivity index (χ2v) is 4.48. The Morgan fingerprint density at radius 2 is 1.79 bits per heavy atom. The fourth-order valence-corrected chi connectivity index (χ4v) is 2.00. The number of hydrogen-bond donors (Lipinski definition) is 0. The highest BCUT2D eigenvalue weighted by Gasteiger charge is 2.28. The molecule has 1 heterocycles. The van der Waals surface area contributed by atoms with E-state index >= 15 is 0 Å². The van der Waals surface area contributed by atoms with Gasteiger partial charge in [0.2, 0.25) is 0 Å². The summed E-state index contributed by atoms with van der Waals surface area (Å²) in [6, 6.07) is 1.64. The molecule has 0 bridgehead atoms. The van der Waals surface area contributed by atoms with Crippen molar-refractivity contribution in [1.82, 2.24) is 10.2 Å². The zero-order valence-corrected chi connectivity index (χ0v) is 10.4. The van der Waals surface area contributed by atoms with Crippen molar-refractivity contribution in [1.29, 1.82) is 0 Å². The fourth-order valence-electron chi connectivity index (χ4n) is 0.956. The molecule has 0 aliphatic rings. The third-order valence-corrected chi connectivity index (χ3v) is 3.60. The van der Waals surface area contributed by atoms with Crippen molar-refractivity contribution in [3.8, 4) is 0 Å². The van der Waals surface area contributed by atoms with Gasteiger partial charge in [-0.1, -0.05) is 30.1 Å². The van der Waals surface area contributed by atoms with Crippen LogP contribution in [0.5, 0.6) is 0 Å². The van der Waals surface area contributed by atoms with Gasteiger partial charge in [0.25, 0.3) is 0 Å². The van der Waals surface area contributed by atoms with Crippen molar-refractivity contribution < 1.29 is 0 Å². The Balaban J connectivity index is 3.22. The van der Waals surface area contributed by atoms with Crippen molar-refractivity contribution in [2.24, 2.45) is 0 Å². The van der Waals surface area contributed by atoms with Gasteiger partial charge in [0.15, 0.2) is 10.3 Å². The SMILES string of the molecule is CC(CCl)(CCl)c1cc(Cl)nnc1Cl. The number of halogens is 4. The summed E-state index contributed by atoms with van der Waals surface area (Å²) in [6.07, 6.45) is 0. The van der Waals surface area contributed by atoms with E-state index in [1.54, 1.807) is 6.07 Å². The summed E-state index contributed by atoms with van der Waals surface area (Å²) in [6.45, 7) is 1.90. The number of hydrogen-bond acceptors (Lipinski definition) is 2. The molecule has 1 rings (SSSR count). The minimum absolute atomic E-state index is 0.283. The second kappa shape index (κ2) is 4.84. The molecule has 0 saturated carbocycles. The number of nitrogens with zero attached hydrogens (tertiary/aromatic N) is 2. The van der Waals surface area contributed by atoms with Gasteiger partial charge in [-0.25, -0.2) is 0 Å². The summed E-state index contributed by atoms with van der Waals surface area (Å²) >= 11 is 23.3. The zero-order chi connectivity index (χ0) is 10.8. The van der Waals surface area contributed by atoms with E-state index in [1.807, 2.05) is 6.92 Å². The predicted molar refractivity (Wildman–Crippen MR) is 60.8 cm³/mol. The molecule has 2 nitrogen and oxygen atoms in total. The molecule has 78 valence electrons. The van der Waals surface area contributed by atoms with Crippen LogP contribution in [0.3, 0.4) is 0 Å². The van der Waals surface area contributed by atoms with Gasteiger partial charge in [-0.3, -0.25) is 0 Å². The van der Waals surface area contributed by atoms with Crippen LogP contribution in [0.25, 0.3) is 0 Å². The molecule has 0 saturated heterocycles. The minimum atomic E-state index is -0.431. The molecule has 0 unspecified atom stereocenters. The van der Waals surface area contributed by atoms with Gasteiger partial charge in [-0.15, -0.1) is 33.4 Å². The average molecular weight is 274 g/mol. The quantitative estimate of drug-likeness (QED) is 0.788. The Morgan fingerprint density at radius 1 is 1.21 bits per heavy atom. The first-order chi connectivity index (χ1) is 6.53. The van der Waals surface area contributed by atoms with Crippen LogP contribution in [0, 0.1) is 0 Å². The molecule has 0 aromatic carbocycles. The maximum Gasteiger partial charge on any atom is 0.155 e. The van der Waals surface area contributed by atoms with Crippen LogP contribution in [0.15, 0.2) is 6.07 Å². The summed E-state index contributed by atoms with van der Waals surface area (Å²) in [4.78, 5) is 0. The van der Waals surface area contributed by atoms with Crippen LogP contribution >= 0.6 is 46.4 Å². The minimum Gasteiger partial charge on any atom is -0.137 e. The molecule has 1 aromatic rings. The lowest BCUT2D eigenvalue weighted by Crippen LogP contribution is -2.27. The van der Waals surface area contributed by atoms with Crippen molar-refractivity contribution in [2.45, 2.75) is 12.3 Å². The molecule has 0 aliphatic carbocycles. The summed E-state index contributed by atoms with van der Waals surface area (Å²) in [7, 11) is 0. The smallest absolute Gasteiger partial charge is 0.137 e. The van der Waals surface area contributed by atoms with Crippen LogP contribution < -0.4 is 0 Å². The van der Waals surface area contributed by atoms with E-state index in [1.165, 1.54) is 0 Å². The maximum absolute atomic E-state index is 5.89. The number of rotatable bonds is 3. The molecule has 14 heavy (non-hydrogen) atoms. The first-order valence-corrected chi connectivity index (χ1v) is 5.67. The van der Waals surface area contributed by atoms with Gasteiger partial charge >= 0.3 is 0 Å². The third-order valence-electron chi connectivity index (χ3n) is 1.96. The Morgan fingerprint density at radius 3 is 2.29 bits per heavy atom. The Hall–Kier alpha value is 0.240. The molecule has 0 fully saturated rings. The number of aromatic nitrogens is 2. The Labute approximate surface area is 103 Å². The van der Waals surface area contributed by atoms with E-state index in [4.69, 9.17) is 46.4 Å². The maximum atomic E-state index is 5.89. The fraction of sp³-hybridized carbons (Fsp3) is 0.500. The molecule has 1 aromatic heterocycles. The lowest BCUT2D eigenvalue weighted by molar-refractivity contribution is 0.600. The van der Waals surface area contributed by atoms with Gasteiger partial charge < -0.3 is 0 Å². The molecule has 0 atom stereocenters. The molecule has 0 amide bonds. The highest BCUT2D eigenvalue weighted by atomic mass is 35.5. The third kappa shape index (κ3) is 2.43. The largest absolute Gasteiger partial charge is 0.155 e. The Kier molecular flexibility index (Phi) is 4.26. The van der Waals surface area contributed by atoms with E-state index in [9.17, 15) is 0 Å². The van der Waals surface area contributed by atoms with Crippen LogP contribution in [0.1, 0.15) is 12.5 Å². The van der Waals surface area contributed by atoms with Crippen LogP contribution in [-0.2, 0) is 5.41 Å².